The van der Waals surface area contributed by atoms with E-state index in [4.69, 9.17) is 4.74 Å². The lowest BCUT2D eigenvalue weighted by Crippen LogP contribution is -2.18. The highest BCUT2D eigenvalue weighted by Crippen LogP contribution is 2.32. The van der Waals surface area contributed by atoms with Crippen LogP contribution in [0.5, 0.6) is 0 Å². The Morgan fingerprint density at radius 2 is 1.86 bits per heavy atom. The molecule has 1 amide bonds. The van der Waals surface area contributed by atoms with E-state index in [2.05, 4.69) is 20.6 Å². The molecule has 0 bridgehead atoms. The summed E-state index contributed by atoms with van der Waals surface area (Å²) in [4.78, 5) is 32.2. The summed E-state index contributed by atoms with van der Waals surface area (Å²) in [7, 11) is 1.65. The molecule has 0 atom stereocenters. The van der Waals surface area contributed by atoms with Crippen LogP contribution in [0.1, 0.15) is 26.4 Å². The number of rotatable bonds is 9. The predicted octanol–water partition coefficient (Wildman–Crippen LogP) is 2.89. The zero-order chi connectivity index (χ0) is 20.6. The Kier molecular flexibility index (Phi) is 7.01. The van der Waals surface area contributed by atoms with Crippen molar-refractivity contribution in [3.63, 3.8) is 0 Å². The number of hydrogen-bond donors (Lipinski definition) is 3. The summed E-state index contributed by atoms with van der Waals surface area (Å²) >= 11 is 1.11. The number of methoxy groups -OCH3 is 1. The fourth-order valence-corrected chi connectivity index (χ4v) is 3.48. The van der Waals surface area contributed by atoms with E-state index in [1.165, 1.54) is 0 Å². The number of ether oxygens (including phenoxy) is 1. The average molecular weight is 412 g/mol. The van der Waals surface area contributed by atoms with Crippen LogP contribution < -0.4 is 10.6 Å². The summed E-state index contributed by atoms with van der Waals surface area (Å²) in [6, 6.07) is 10.6. The molecule has 0 spiro atoms. The van der Waals surface area contributed by atoms with E-state index in [0.29, 0.717) is 23.7 Å². The van der Waals surface area contributed by atoms with Gasteiger partial charge in [-0.15, -0.1) is 0 Å². The fourth-order valence-electron chi connectivity index (χ4n) is 2.52. The highest BCUT2D eigenvalue weighted by Gasteiger charge is 2.20. The first kappa shape index (κ1) is 20.6. The maximum Gasteiger partial charge on any atom is 0.357 e. The molecule has 0 radical (unpaired) electrons. The monoisotopic (exact) mass is 412 g/mol. The number of carbonyl (C=O) groups excluding carboxylic acids is 1. The van der Waals surface area contributed by atoms with Crippen molar-refractivity contribution in [1.29, 1.82) is 0 Å². The van der Waals surface area contributed by atoms with Crippen molar-refractivity contribution in [1.82, 2.24) is 15.3 Å². The number of nitrogens with one attached hydrogen (secondary N) is 2. The van der Waals surface area contributed by atoms with Gasteiger partial charge in [-0.25, -0.2) is 9.78 Å². The number of nitrogens with zero attached hydrogens (tertiary/aromatic N) is 2. The third-order valence-corrected chi connectivity index (χ3v) is 5.03. The maximum atomic E-state index is 12.6. The van der Waals surface area contributed by atoms with Gasteiger partial charge in [0, 0.05) is 43.7 Å². The summed E-state index contributed by atoms with van der Waals surface area (Å²) in [5.74, 6) is -1.59. The SMILES string of the molecule is COCCNCc1ccc(C(=O)Nc2sc(-c3ccncc3)nc2C(=O)O)cc1. The minimum Gasteiger partial charge on any atom is -0.476 e. The van der Waals surface area contributed by atoms with Crippen molar-refractivity contribution < 1.29 is 19.4 Å². The molecule has 0 saturated heterocycles. The second kappa shape index (κ2) is 9.87. The molecule has 2 aromatic heterocycles. The van der Waals surface area contributed by atoms with Gasteiger partial charge in [-0.2, -0.15) is 0 Å². The third kappa shape index (κ3) is 5.44. The zero-order valence-corrected chi connectivity index (χ0v) is 16.5. The topological polar surface area (TPSA) is 113 Å². The van der Waals surface area contributed by atoms with Crippen molar-refractivity contribution >= 4 is 28.2 Å². The number of aromatic carboxylic acids is 1. The molecule has 8 nitrogen and oxygen atoms in total. The molecule has 0 saturated carbocycles. The highest BCUT2D eigenvalue weighted by atomic mass is 32.1. The summed E-state index contributed by atoms with van der Waals surface area (Å²) < 4.78 is 4.98. The summed E-state index contributed by atoms with van der Waals surface area (Å²) in [5, 5.41) is 16.0. The van der Waals surface area contributed by atoms with E-state index in [1.54, 1.807) is 43.8 Å². The molecule has 29 heavy (non-hydrogen) atoms. The molecule has 3 aromatic rings. The molecule has 3 N–H and O–H groups in total. The Morgan fingerprint density at radius 3 is 2.52 bits per heavy atom. The smallest absolute Gasteiger partial charge is 0.357 e. The van der Waals surface area contributed by atoms with Gasteiger partial charge < -0.3 is 20.5 Å². The minimum absolute atomic E-state index is 0.186. The largest absolute Gasteiger partial charge is 0.476 e. The van der Waals surface area contributed by atoms with E-state index < -0.39 is 11.9 Å². The van der Waals surface area contributed by atoms with E-state index in [9.17, 15) is 14.7 Å². The lowest BCUT2D eigenvalue weighted by atomic mass is 10.1. The second-order valence-electron chi connectivity index (χ2n) is 6.06. The van der Waals surface area contributed by atoms with Gasteiger partial charge in [0.05, 0.1) is 6.61 Å². The Balaban J connectivity index is 1.71. The number of anilines is 1. The number of amides is 1. The Morgan fingerprint density at radius 1 is 1.14 bits per heavy atom. The van der Waals surface area contributed by atoms with Crippen LogP contribution in [-0.4, -0.2) is 47.2 Å². The first-order valence-corrected chi connectivity index (χ1v) is 9.64. The van der Waals surface area contributed by atoms with Crippen LogP contribution in [0.15, 0.2) is 48.8 Å². The van der Waals surface area contributed by atoms with Crippen molar-refractivity contribution in [2.75, 3.05) is 25.6 Å². The quantitative estimate of drug-likeness (QED) is 0.463. The molecule has 0 aliphatic heterocycles. The fraction of sp³-hybridized carbons (Fsp3) is 0.200. The highest BCUT2D eigenvalue weighted by molar-refractivity contribution is 7.19. The first-order valence-electron chi connectivity index (χ1n) is 8.83. The van der Waals surface area contributed by atoms with Crippen LogP contribution in [0, 0.1) is 0 Å². The second-order valence-corrected chi connectivity index (χ2v) is 7.06. The molecule has 0 unspecified atom stereocenters. The number of hydrogen-bond acceptors (Lipinski definition) is 7. The van der Waals surface area contributed by atoms with Crippen LogP contribution >= 0.6 is 11.3 Å². The normalized spacial score (nSPS) is 10.7. The summed E-state index contributed by atoms with van der Waals surface area (Å²) in [5.41, 5.74) is 2.01. The van der Waals surface area contributed by atoms with Gasteiger partial charge in [-0.1, -0.05) is 23.5 Å². The van der Waals surface area contributed by atoms with Gasteiger partial charge in [0.2, 0.25) is 0 Å². The average Bonchev–Trinajstić information content (AvgIpc) is 3.16. The Hall–Kier alpha value is -3.14. The summed E-state index contributed by atoms with van der Waals surface area (Å²) in [6.45, 7) is 2.03. The number of thiazole rings is 1. The zero-order valence-electron chi connectivity index (χ0n) is 15.7. The van der Waals surface area contributed by atoms with Gasteiger partial charge in [0.1, 0.15) is 10.0 Å². The molecule has 9 heteroatoms. The van der Waals surface area contributed by atoms with Gasteiger partial charge in [0.15, 0.2) is 5.69 Å². The van der Waals surface area contributed by atoms with Crippen molar-refractivity contribution in [3.05, 3.63) is 65.6 Å². The third-order valence-electron chi connectivity index (χ3n) is 4.01. The molecule has 0 aliphatic rings. The van der Waals surface area contributed by atoms with Crippen molar-refractivity contribution in [2.24, 2.45) is 0 Å². The molecule has 1 aromatic carbocycles. The van der Waals surface area contributed by atoms with Gasteiger partial charge >= 0.3 is 5.97 Å². The van der Waals surface area contributed by atoms with Crippen LogP contribution in [-0.2, 0) is 11.3 Å². The van der Waals surface area contributed by atoms with E-state index in [0.717, 1.165) is 29.0 Å². The van der Waals surface area contributed by atoms with Gasteiger partial charge in [0.25, 0.3) is 5.91 Å². The van der Waals surface area contributed by atoms with Gasteiger partial charge in [-0.05, 0) is 29.8 Å². The van der Waals surface area contributed by atoms with Crippen molar-refractivity contribution in [2.45, 2.75) is 6.54 Å². The van der Waals surface area contributed by atoms with Crippen molar-refractivity contribution in [3.8, 4) is 10.6 Å². The molecular weight excluding hydrogens is 392 g/mol. The number of aromatic nitrogens is 2. The number of pyridine rings is 1. The molecule has 0 fully saturated rings. The molecule has 150 valence electrons. The summed E-state index contributed by atoms with van der Waals surface area (Å²) in [6.07, 6.45) is 3.20. The molecule has 2 heterocycles. The molecule has 3 rings (SSSR count). The van der Waals surface area contributed by atoms with Gasteiger partial charge in [-0.3, -0.25) is 9.78 Å². The Labute approximate surface area is 171 Å². The van der Waals surface area contributed by atoms with Crippen LogP contribution in [0.25, 0.3) is 10.6 Å². The van der Waals surface area contributed by atoms with E-state index in [-0.39, 0.29) is 10.7 Å². The number of carboxylic acids is 1. The lowest BCUT2D eigenvalue weighted by molar-refractivity contribution is 0.0692. The van der Waals surface area contributed by atoms with Crippen LogP contribution in [0.4, 0.5) is 5.00 Å². The predicted molar refractivity (Wildman–Crippen MR) is 110 cm³/mol. The minimum atomic E-state index is -1.20. The standard InChI is InChI=1S/C20H20N4O4S/c1-28-11-10-22-12-13-2-4-14(5-3-13)17(25)24-19-16(20(26)27)23-18(29-19)15-6-8-21-9-7-15/h2-9,22H,10-12H2,1H3,(H,24,25)(H,26,27). The van der Waals surface area contributed by atoms with Crippen LogP contribution in [0.3, 0.4) is 0 Å². The lowest BCUT2D eigenvalue weighted by Gasteiger charge is -2.06. The maximum absolute atomic E-state index is 12.6. The first-order chi connectivity index (χ1) is 14.1. The molecular formula is C20H20N4O4S. The van der Waals surface area contributed by atoms with E-state index in [1.807, 2.05) is 12.1 Å². The number of benzene rings is 1. The number of carbonyl (C=O) groups is 2. The van der Waals surface area contributed by atoms with E-state index >= 15 is 0 Å². The Bertz CT molecular complexity index is 974. The van der Waals surface area contributed by atoms with Crippen LogP contribution in [0.2, 0.25) is 0 Å². The molecule has 0 aliphatic carbocycles. The number of carboxylic acid groups (broad SMARTS) is 1.